The second-order valence-electron chi connectivity index (χ2n) is 9.06. The molecule has 2 aliphatic rings. The van der Waals surface area contributed by atoms with Crippen LogP contribution in [0.15, 0.2) is 0 Å². The van der Waals surface area contributed by atoms with Crippen LogP contribution in [0.5, 0.6) is 0 Å². The zero-order valence-corrected chi connectivity index (χ0v) is 15.7. The first-order valence-corrected chi connectivity index (χ1v) is 8.61. The number of Topliss-reactive ketones (excluding diaryl/α,β-unsaturated/α-hetero) is 1. The maximum atomic E-state index is 12.7. The Morgan fingerprint density at radius 3 is 2.35 bits per heavy atom. The van der Waals surface area contributed by atoms with Crippen molar-refractivity contribution in [3.8, 4) is 0 Å². The summed E-state index contributed by atoms with van der Waals surface area (Å²) >= 11 is 0. The fraction of sp³-hybridized carbons (Fsp3) is 0.889. The van der Waals surface area contributed by atoms with Gasteiger partial charge in [-0.2, -0.15) is 0 Å². The molecule has 0 aliphatic carbocycles. The predicted molar refractivity (Wildman–Crippen MR) is 90.3 cm³/mol. The highest BCUT2D eigenvalue weighted by molar-refractivity contribution is 5.86. The molecule has 2 bridgehead atoms. The van der Waals surface area contributed by atoms with Gasteiger partial charge in [-0.3, -0.25) is 4.79 Å². The van der Waals surface area contributed by atoms with E-state index in [1.54, 1.807) is 0 Å². The summed E-state index contributed by atoms with van der Waals surface area (Å²) in [6, 6.07) is -0.000180. The number of piperidine rings is 1. The Bertz CT molecular complexity index is 479. The summed E-state index contributed by atoms with van der Waals surface area (Å²) in [6.45, 7) is 10.8. The van der Waals surface area contributed by atoms with Crippen molar-refractivity contribution in [1.29, 1.82) is 0 Å². The van der Waals surface area contributed by atoms with Crippen molar-refractivity contribution < 1.29 is 14.3 Å². The van der Waals surface area contributed by atoms with Crippen LogP contribution in [0.1, 0.15) is 53.9 Å². The monoisotopic (exact) mass is 324 g/mol. The third-order valence-corrected chi connectivity index (χ3v) is 4.88. The zero-order valence-electron chi connectivity index (χ0n) is 15.7. The third kappa shape index (κ3) is 3.87. The van der Waals surface area contributed by atoms with Gasteiger partial charge >= 0.3 is 6.09 Å². The molecule has 2 rings (SSSR count). The Kier molecular flexibility index (Phi) is 4.82. The summed E-state index contributed by atoms with van der Waals surface area (Å²) in [6.07, 6.45) is 2.02. The molecule has 132 valence electrons. The second-order valence-corrected chi connectivity index (χ2v) is 9.06. The molecule has 0 aromatic carbocycles. The molecule has 5 heteroatoms. The van der Waals surface area contributed by atoms with Crippen LogP contribution < -0.4 is 0 Å². The first kappa shape index (κ1) is 18.2. The van der Waals surface area contributed by atoms with Gasteiger partial charge in [-0.25, -0.2) is 4.79 Å². The van der Waals surface area contributed by atoms with Crippen molar-refractivity contribution in [3.63, 3.8) is 0 Å². The van der Waals surface area contributed by atoms with Crippen LogP contribution in [0.2, 0.25) is 0 Å². The van der Waals surface area contributed by atoms with Crippen LogP contribution in [0.4, 0.5) is 4.79 Å². The molecule has 0 N–H and O–H groups in total. The molecule has 23 heavy (non-hydrogen) atoms. The van der Waals surface area contributed by atoms with Crippen molar-refractivity contribution in [2.75, 3.05) is 20.6 Å². The summed E-state index contributed by atoms with van der Waals surface area (Å²) in [4.78, 5) is 29.4. The molecule has 0 aromatic heterocycles. The maximum Gasteiger partial charge on any atom is 0.410 e. The highest BCUT2D eigenvalue weighted by Crippen LogP contribution is 2.45. The molecule has 0 spiro atoms. The Morgan fingerprint density at radius 2 is 1.83 bits per heavy atom. The number of carbonyl (C=O) groups is 2. The molecule has 2 heterocycles. The Morgan fingerprint density at radius 1 is 1.22 bits per heavy atom. The standard InChI is InChI=1S/C18H32N2O3/c1-17(2,3)23-16(22)20-12-8-9-13(20)15(14(21)10-12)18(4,5)11-19(6)7/h12-13,15H,8-11H2,1-7H3. The third-order valence-electron chi connectivity index (χ3n) is 4.88. The molecule has 5 nitrogen and oxygen atoms in total. The van der Waals surface area contributed by atoms with Gasteiger partial charge in [-0.1, -0.05) is 13.8 Å². The lowest BCUT2D eigenvalue weighted by Gasteiger charge is -2.46. The van der Waals surface area contributed by atoms with Crippen LogP contribution >= 0.6 is 0 Å². The molecule has 1 amide bonds. The lowest BCUT2D eigenvalue weighted by atomic mass is 9.70. The smallest absolute Gasteiger partial charge is 0.410 e. The fourth-order valence-electron chi connectivity index (χ4n) is 4.48. The van der Waals surface area contributed by atoms with E-state index in [1.165, 1.54) is 0 Å². The normalized spacial score (nSPS) is 28.4. The second kappa shape index (κ2) is 6.08. The molecular formula is C18H32N2O3. The van der Waals surface area contributed by atoms with Crippen molar-refractivity contribution in [2.45, 2.75) is 71.6 Å². The van der Waals surface area contributed by atoms with E-state index in [2.05, 4.69) is 18.7 Å². The van der Waals surface area contributed by atoms with Crippen molar-refractivity contribution >= 4 is 11.9 Å². The maximum absolute atomic E-state index is 12.7. The minimum Gasteiger partial charge on any atom is -0.444 e. The Labute approximate surface area is 140 Å². The summed E-state index contributed by atoms with van der Waals surface area (Å²) in [5, 5.41) is 0. The predicted octanol–water partition coefficient (Wildman–Crippen LogP) is 2.93. The van der Waals surface area contributed by atoms with Crippen molar-refractivity contribution in [2.24, 2.45) is 11.3 Å². The molecule has 0 aromatic rings. The van der Waals surface area contributed by atoms with Gasteiger partial charge in [-0.05, 0) is 53.1 Å². The molecule has 3 atom stereocenters. The minimum atomic E-state index is -0.507. The Hall–Kier alpha value is -1.10. The number of rotatable bonds is 3. The van der Waals surface area contributed by atoms with Gasteiger partial charge in [0.15, 0.2) is 0 Å². The topological polar surface area (TPSA) is 49.9 Å². The molecule has 3 unspecified atom stereocenters. The van der Waals surface area contributed by atoms with E-state index in [1.807, 2.05) is 39.8 Å². The number of fused-ring (bicyclic) bond motifs is 2. The lowest BCUT2D eigenvalue weighted by Crippen LogP contribution is -2.58. The van der Waals surface area contributed by atoms with Gasteiger partial charge in [0, 0.05) is 31.0 Å². The van der Waals surface area contributed by atoms with Gasteiger partial charge in [0.2, 0.25) is 0 Å². The van der Waals surface area contributed by atoms with E-state index in [4.69, 9.17) is 4.74 Å². The number of ketones is 1. The highest BCUT2D eigenvalue weighted by Gasteiger charge is 2.54. The van der Waals surface area contributed by atoms with E-state index < -0.39 is 5.60 Å². The number of ether oxygens (including phenoxy) is 1. The molecule has 2 saturated heterocycles. The van der Waals surface area contributed by atoms with E-state index >= 15 is 0 Å². The fourth-order valence-corrected chi connectivity index (χ4v) is 4.48. The number of nitrogens with zero attached hydrogens (tertiary/aromatic N) is 2. The number of carbonyl (C=O) groups excluding carboxylic acids is 2. The number of amides is 1. The van der Waals surface area contributed by atoms with Crippen LogP contribution in [-0.2, 0) is 9.53 Å². The first-order chi connectivity index (χ1) is 10.4. The van der Waals surface area contributed by atoms with Gasteiger partial charge in [0.25, 0.3) is 0 Å². The summed E-state index contributed by atoms with van der Waals surface area (Å²) in [7, 11) is 4.05. The summed E-state index contributed by atoms with van der Waals surface area (Å²) in [5.74, 6) is 0.195. The van der Waals surface area contributed by atoms with Gasteiger partial charge in [-0.15, -0.1) is 0 Å². The minimum absolute atomic E-state index is 0.0220. The lowest BCUT2D eigenvalue weighted by molar-refractivity contribution is -0.134. The van der Waals surface area contributed by atoms with E-state index in [0.717, 1.165) is 19.4 Å². The average molecular weight is 324 g/mol. The average Bonchev–Trinajstić information content (AvgIpc) is 2.60. The van der Waals surface area contributed by atoms with Gasteiger partial charge < -0.3 is 14.5 Å². The van der Waals surface area contributed by atoms with Gasteiger partial charge in [0.05, 0.1) is 0 Å². The van der Waals surface area contributed by atoms with Crippen LogP contribution in [-0.4, -0.2) is 60.0 Å². The van der Waals surface area contributed by atoms with Crippen molar-refractivity contribution in [1.82, 2.24) is 9.80 Å². The summed E-state index contributed by atoms with van der Waals surface area (Å²) in [5.41, 5.74) is -0.673. The molecule has 0 saturated carbocycles. The molecular weight excluding hydrogens is 292 g/mol. The number of hydrogen-bond donors (Lipinski definition) is 0. The van der Waals surface area contributed by atoms with E-state index in [9.17, 15) is 9.59 Å². The molecule has 0 radical (unpaired) electrons. The summed E-state index contributed by atoms with van der Waals surface area (Å²) < 4.78 is 5.60. The first-order valence-electron chi connectivity index (χ1n) is 8.61. The van der Waals surface area contributed by atoms with Crippen molar-refractivity contribution in [3.05, 3.63) is 0 Å². The Balaban J connectivity index is 2.25. The largest absolute Gasteiger partial charge is 0.444 e. The van der Waals surface area contributed by atoms with Crippen LogP contribution in [0, 0.1) is 11.3 Å². The van der Waals surface area contributed by atoms with E-state index in [-0.39, 0.29) is 29.5 Å². The zero-order chi connectivity index (χ0) is 17.6. The highest BCUT2D eigenvalue weighted by atomic mass is 16.6. The molecule has 2 aliphatic heterocycles. The molecule has 2 fully saturated rings. The van der Waals surface area contributed by atoms with Gasteiger partial charge in [0.1, 0.15) is 11.4 Å². The quantitative estimate of drug-likeness (QED) is 0.801. The number of hydrogen-bond acceptors (Lipinski definition) is 4. The van der Waals surface area contributed by atoms with Crippen LogP contribution in [0.25, 0.3) is 0 Å². The van der Waals surface area contributed by atoms with E-state index in [0.29, 0.717) is 12.2 Å². The van der Waals surface area contributed by atoms with Crippen LogP contribution in [0.3, 0.4) is 0 Å². The SMILES string of the molecule is CN(C)CC(C)(C)C1C(=O)CC2CCC1N2C(=O)OC(C)(C)C.